The second-order valence-corrected chi connectivity index (χ2v) is 8.26. The van der Waals surface area contributed by atoms with E-state index in [9.17, 15) is 22.7 Å². The molecule has 0 bridgehead atoms. The van der Waals surface area contributed by atoms with Gasteiger partial charge in [-0.15, -0.1) is 0 Å². The maximum Gasteiger partial charge on any atom is 0.416 e. The zero-order chi connectivity index (χ0) is 23.4. The third-order valence-corrected chi connectivity index (χ3v) is 5.27. The zero-order valence-corrected chi connectivity index (χ0v) is 17.8. The molecule has 6 nitrogen and oxygen atoms in total. The van der Waals surface area contributed by atoms with Gasteiger partial charge in [0.2, 0.25) is 0 Å². The zero-order valence-electron chi connectivity index (χ0n) is 17.8. The van der Waals surface area contributed by atoms with E-state index in [0.717, 1.165) is 31.5 Å². The van der Waals surface area contributed by atoms with Crippen molar-refractivity contribution in [1.82, 2.24) is 10.2 Å². The topological polar surface area (TPSA) is 114 Å². The van der Waals surface area contributed by atoms with Crippen LogP contribution in [-0.2, 0) is 6.18 Å². The van der Waals surface area contributed by atoms with E-state index < -0.39 is 23.2 Å². The highest BCUT2D eigenvalue weighted by atomic mass is 19.4. The van der Waals surface area contributed by atoms with Gasteiger partial charge in [0, 0.05) is 36.9 Å². The SMILES string of the molecule is CC(/C=C(\N)NC1CCCN(CC(C)(F)CN)C1)=C(/N)c1ccc(C(F)(F)F)cc1O. The lowest BCUT2D eigenvalue weighted by atomic mass is 10.0. The quantitative estimate of drug-likeness (QED) is 0.326. The van der Waals surface area contributed by atoms with E-state index >= 15 is 0 Å². The Kier molecular flexibility index (Phi) is 7.82. The van der Waals surface area contributed by atoms with Gasteiger partial charge in [-0.2, -0.15) is 13.2 Å². The van der Waals surface area contributed by atoms with Crippen LogP contribution in [-0.4, -0.2) is 47.9 Å². The number of nitrogens with zero attached hydrogens (tertiary/aromatic N) is 1. The first-order valence-electron chi connectivity index (χ1n) is 10.0. The molecule has 2 atom stereocenters. The summed E-state index contributed by atoms with van der Waals surface area (Å²) in [7, 11) is 0. The van der Waals surface area contributed by atoms with E-state index in [4.69, 9.17) is 17.2 Å². The molecule has 0 radical (unpaired) electrons. The number of nitrogens with one attached hydrogen (secondary N) is 1. The van der Waals surface area contributed by atoms with Gasteiger partial charge in [-0.1, -0.05) is 0 Å². The van der Waals surface area contributed by atoms with Crippen molar-refractivity contribution < 1.29 is 22.7 Å². The fourth-order valence-electron chi connectivity index (χ4n) is 3.58. The Bertz CT molecular complexity index is 836. The van der Waals surface area contributed by atoms with E-state index in [0.29, 0.717) is 24.0 Å². The summed E-state index contributed by atoms with van der Waals surface area (Å²) in [4.78, 5) is 2.00. The Morgan fingerprint density at radius 3 is 2.55 bits per heavy atom. The van der Waals surface area contributed by atoms with Gasteiger partial charge in [0.1, 0.15) is 11.4 Å². The summed E-state index contributed by atoms with van der Waals surface area (Å²) in [5.74, 6) is -0.246. The van der Waals surface area contributed by atoms with Crippen molar-refractivity contribution in [3.8, 4) is 5.75 Å². The van der Waals surface area contributed by atoms with Gasteiger partial charge in [-0.05, 0) is 63.1 Å². The number of allylic oxidation sites excluding steroid dienone is 2. The third kappa shape index (κ3) is 7.03. The minimum Gasteiger partial charge on any atom is -0.507 e. The first-order chi connectivity index (χ1) is 14.3. The Morgan fingerprint density at radius 2 is 1.97 bits per heavy atom. The average molecular weight is 446 g/mol. The second kappa shape index (κ2) is 9.78. The van der Waals surface area contributed by atoms with Crippen molar-refractivity contribution in [2.24, 2.45) is 17.2 Å². The van der Waals surface area contributed by atoms with Crippen LogP contribution in [0.5, 0.6) is 5.75 Å². The van der Waals surface area contributed by atoms with Crippen LogP contribution in [0.4, 0.5) is 17.6 Å². The number of phenolic OH excluding ortho intramolecular Hbond substituents is 1. The molecule has 31 heavy (non-hydrogen) atoms. The molecular formula is C21H31F4N5O. The number of halogens is 4. The lowest BCUT2D eigenvalue weighted by Crippen LogP contribution is -2.51. The Balaban J connectivity index is 2.09. The minimum atomic E-state index is -4.56. The summed E-state index contributed by atoms with van der Waals surface area (Å²) >= 11 is 0. The van der Waals surface area contributed by atoms with Crippen LogP contribution in [0.15, 0.2) is 35.7 Å². The maximum absolute atomic E-state index is 14.2. The van der Waals surface area contributed by atoms with Gasteiger partial charge in [-0.3, -0.25) is 4.90 Å². The molecule has 0 amide bonds. The summed E-state index contributed by atoms with van der Waals surface area (Å²) in [6, 6.07) is 2.62. The number of alkyl halides is 4. The molecule has 1 aliphatic rings. The van der Waals surface area contributed by atoms with E-state index in [-0.39, 0.29) is 30.4 Å². The van der Waals surface area contributed by atoms with Crippen molar-refractivity contribution in [2.45, 2.75) is 44.6 Å². The highest BCUT2D eigenvalue weighted by molar-refractivity contribution is 5.72. The standard InChI is InChI=1S/C21H31F4N5O/c1-13(19(28)16-6-5-14(9-17(16)31)21(23,24)25)8-18(27)29-15-4-3-7-30(10-15)12-20(2,22)11-26/h5-6,8-9,15,29,31H,3-4,7,10-12,26-28H2,1-2H3/b18-8+,19-13-. The molecule has 1 heterocycles. The van der Waals surface area contributed by atoms with Crippen LogP contribution in [0.25, 0.3) is 5.70 Å². The Labute approximate surface area is 179 Å². The number of nitrogens with two attached hydrogens (primary N) is 3. The molecule has 1 saturated heterocycles. The summed E-state index contributed by atoms with van der Waals surface area (Å²) in [5.41, 5.74) is 15.8. The summed E-state index contributed by atoms with van der Waals surface area (Å²) in [6.45, 7) is 4.69. The summed E-state index contributed by atoms with van der Waals surface area (Å²) < 4.78 is 52.5. The van der Waals surface area contributed by atoms with Crippen LogP contribution in [0.2, 0.25) is 0 Å². The smallest absolute Gasteiger partial charge is 0.416 e. The van der Waals surface area contributed by atoms with Crippen molar-refractivity contribution in [3.63, 3.8) is 0 Å². The number of hydrogen-bond donors (Lipinski definition) is 5. The molecule has 0 saturated carbocycles. The molecule has 8 N–H and O–H groups in total. The number of likely N-dealkylation sites (tertiary alicyclic amines) is 1. The average Bonchev–Trinajstić information content (AvgIpc) is 2.66. The number of piperidine rings is 1. The molecule has 0 aliphatic carbocycles. The fourth-order valence-corrected chi connectivity index (χ4v) is 3.58. The lowest BCUT2D eigenvalue weighted by Gasteiger charge is -2.36. The number of aromatic hydroxyl groups is 1. The number of rotatable bonds is 7. The molecule has 10 heteroatoms. The lowest BCUT2D eigenvalue weighted by molar-refractivity contribution is -0.137. The van der Waals surface area contributed by atoms with Gasteiger partial charge >= 0.3 is 6.18 Å². The molecule has 1 aromatic rings. The van der Waals surface area contributed by atoms with Crippen molar-refractivity contribution >= 4 is 5.70 Å². The maximum atomic E-state index is 14.2. The number of benzene rings is 1. The van der Waals surface area contributed by atoms with Crippen molar-refractivity contribution in [1.29, 1.82) is 0 Å². The molecule has 0 aromatic heterocycles. The Morgan fingerprint density at radius 1 is 1.29 bits per heavy atom. The van der Waals surface area contributed by atoms with Gasteiger partial charge in [0.05, 0.1) is 11.4 Å². The molecular weight excluding hydrogens is 414 g/mol. The van der Waals surface area contributed by atoms with Gasteiger partial charge in [0.15, 0.2) is 0 Å². The second-order valence-electron chi connectivity index (χ2n) is 8.26. The molecule has 0 spiro atoms. The minimum absolute atomic E-state index is 0.00655. The van der Waals surface area contributed by atoms with Crippen LogP contribution in [0, 0.1) is 0 Å². The highest BCUT2D eigenvalue weighted by Crippen LogP contribution is 2.34. The van der Waals surface area contributed by atoms with Crippen molar-refractivity contribution in [3.05, 3.63) is 46.8 Å². The molecule has 1 aromatic carbocycles. The predicted octanol–water partition coefficient (Wildman–Crippen LogP) is 2.64. The van der Waals surface area contributed by atoms with Crippen LogP contribution in [0.1, 0.15) is 37.8 Å². The van der Waals surface area contributed by atoms with E-state index in [1.807, 2.05) is 4.90 Å². The van der Waals surface area contributed by atoms with Crippen LogP contribution >= 0.6 is 0 Å². The van der Waals surface area contributed by atoms with E-state index in [2.05, 4.69) is 5.32 Å². The van der Waals surface area contributed by atoms with Crippen LogP contribution in [0.3, 0.4) is 0 Å². The summed E-state index contributed by atoms with van der Waals surface area (Å²) in [5, 5.41) is 13.2. The molecule has 1 aliphatic heterocycles. The summed E-state index contributed by atoms with van der Waals surface area (Å²) in [6.07, 6.45) is -1.27. The first-order valence-corrected chi connectivity index (χ1v) is 10.0. The molecule has 2 rings (SSSR count). The monoisotopic (exact) mass is 445 g/mol. The van der Waals surface area contributed by atoms with E-state index in [1.165, 1.54) is 6.92 Å². The molecule has 174 valence electrons. The highest BCUT2D eigenvalue weighted by Gasteiger charge is 2.31. The number of hydrogen-bond acceptors (Lipinski definition) is 6. The normalized spacial score (nSPS) is 21.4. The van der Waals surface area contributed by atoms with Gasteiger partial charge < -0.3 is 27.6 Å². The predicted molar refractivity (Wildman–Crippen MR) is 113 cm³/mol. The third-order valence-electron chi connectivity index (χ3n) is 5.27. The van der Waals surface area contributed by atoms with E-state index in [1.54, 1.807) is 13.0 Å². The number of phenols is 1. The van der Waals surface area contributed by atoms with Crippen molar-refractivity contribution in [2.75, 3.05) is 26.2 Å². The van der Waals surface area contributed by atoms with Gasteiger partial charge in [0.25, 0.3) is 0 Å². The molecule has 2 unspecified atom stereocenters. The Hall–Kier alpha value is -2.46. The van der Waals surface area contributed by atoms with Crippen LogP contribution < -0.4 is 22.5 Å². The first kappa shape index (κ1) is 24.8. The van der Waals surface area contributed by atoms with Gasteiger partial charge in [-0.25, -0.2) is 4.39 Å². The fraction of sp³-hybridized carbons (Fsp3) is 0.524. The largest absolute Gasteiger partial charge is 0.507 e. The molecule has 1 fully saturated rings.